The lowest BCUT2D eigenvalue weighted by Gasteiger charge is -2.15. The number of aryl methyl sites for hydroxylation is 2. The number of nitrogens with zero attached hydrogens (tertiary/aromatic N) is 1. The second-order valence-corrected chi connectivity index (χ2v) is 5.01. The van der Waals surface area contributed by atoms with Crippen LogP contribution in [0.15, 0.2) is 4.52 Å². The SMILES string of the molecule is CCc1onc(C)c1NC(=O)NC[C@H]1CCC[C@@H]1O. The molecule has 6 nitrogen and oxygen atoms in total. The Labute approximate surface area is 112 Å². The molecule has 2 rings (SSSR count). The van der Waals surface area contributed by atoms with Crippen molar-refractivity contribution >= 4 is 11.7 Å². The van der Waals surface area contributed by atoms with Crippen molar-refractivity contribution < 1.29 is 14.4 Å². The number of aliphatic hydroxyl groups excluding tert-OH is 1. The van der Waals surface area contributed by atoms with Gasteiger partial charge in [0.05, 0.1) is 6.10 Å². The topological polar surface area (TPSA) is 87.4 Å². The number of amides is 2. The third-order valence-corrected chi connectivity index (χ3v) is 3.64. The molecule has 0 spiro atoms. The van der Waals surface area contributed by atoms with E-state index in [2.05, 4.69) is 15.8 Å². The van der Waals surface area contributed by atoms with Gasteiger partial charge in [0.25, 0.3) is 0 Å². The summed E-state index contributed by atoms with van der Waals surface area (Å²) >= 11 is 0. The van der Waals surface area contributed by atoms with Crippen LogP contribution in [0.4, 0.5) is 10.5 Å². The van der Waals surface area contributed by atoms with Crippen molar-refractivity contribution in [2.24, 2.45) is 5.92 Å². The van der Waals surface area contributed by atoms with Gasteiger partial charge in [0.15, 0.2) is 5.76 Å². The number of hydrogen-bond donors (Lipinski definition) is 3. The van der Waals surface area contributed by atoms with Crippen molar-refractivity contribution in [1.82, 2.24) is 10.5 Å². The Kier molecular flexibility index (Phi) is 4.42. The molecule has 19 heavy (non-hydrogen) atoms. The maximum absolute atomic E-state index is 11.8. The van der Waals surface area contributed by atoms with Crippen molar-refractivity contribution in [1.29, 1.82) is 0 Å². The molecule has 0 unspecified atom stereocenters. The predicted molar refractivity (Wildman–Crippen MR) is 71.0 cm³/mol. The molecule has 6 heteroatoms. The van der Waals surface area contributed by atoms with E-state index in [1.54, 1.807) is 6.92 Å². The second-order valence-electron chi connectivity index (χ2n) is 5.01. The van der Waals surface area contributed by atoms with Crippen molar-refractivity contribution in [2.45, 2.75) is 45.6 Å². The van der Waals surface area contributed by atoms with Gasteiger partial charge in [-0.1, -0.05) is 18.5 Å². The quantitative estimate of drug-likeness (QED) is 0.776. The van der Waals surface area contributed by atoms with Gasteiger partial charge >= 0.3 is 6.03 Å². The average molecular weight is 267 g/mol. The van der Waals surface area contributed by atoms with Crippen molar-refractivity contribution in [2.75, 3.05) is 11.9 Å². The molecule has 0 aliphatic heterocycles. The van der Waals surface area contributed by atoms with Crippen LogP contribution in [0.2, 0.25) is 0 Å². The first-order valence-electron chi connectivity index (χ1n) is 6.79. The highest BCUT2D eigenvalue weighted by atomic mass is 16.5. The highest BCUT2D eigenvalue weighted by Gasteiger charge is 2.25. The smallest absolute Gasteiger partial charge is 0.319 e. The normalized spacial score (nSPS) is 22.5. The molecule has 1 heterocycles. The number of urea groups is 1. The lowest BCUT2D eigenvalue weighted by atomic mass is 10.1. The number of anilines is 1. The lowest BCUT2D eigenvalue weighted by molar-refractivity contribution is 0.133. The maximum Gasteiger partial charge on any atom is 0.319 e. The van der Waals surface area contributed by atoms with Crippen molar-refractivity contribution in [3.05, 3.63) is 11.5 Å². The monoisotopic (exact) mass is 267 g/mol. The summed E-state index contributed by atoms with van der Waals surface area (Å²) in [6, 6.07) is -0.278. The van der Waals surface area contributed by atoms with E-state index in [-0.39, 0.29) is 18.1 Å². The van der Waals surface area contributed by atoms with Crippen LogP contribution in [0.3, 0.4) is 0 Å². The summed E-state index contributed by atoms with van der Waals surface area (Å²) in [5.74, 6) is 0.841. The maximum atomic E-state index is 11.8. The Morgan fingerprint density at radius 3 is 2.95 bits per heavy atom. The van der Waals surface area contributed by atoms with E-state index in [0.717, 1.165) is 19.3 Å². The van der Waals surface area contributed by atoms with E-state index in [0.29, 0.717) is 30.1 Å². The van der Waals surface area contributed by atoms with E-state index in [9.17, 15) is 9.90 Å². The van der Waals surface area contributed by atoms with Gasteiger partial charge in [-0.3, -0.25) is 0 Å². The Morgan fingerprint density at radius 1 is 1.53 bits per heavy atom. The standard InChI is InChI=1S/C13H21N3O3/c1-3-11-12(8(2)16-19-11)15-13(18)14-7-9-5-4-6-10(9)17/h9-10,17H,3-7H2,1-2H3,(H2,14,15,18)/t9-,10+/m1/s1. The first-order chi connectivity index (χ1) is 9.11. The van der Waals surface area contributed by atoms with E-state index in [1.807, 2.05) is 6.92 Å². The molecule has 2 amide bonds. The molecule has 1 aliphatic carbocycles. The lowest BCUT2D eigenvalue weighted by Crippen LogP contribution is -2.35. The third-order valence-electron chi connectivity index (χ3n) is 3.64. The van der Waals surface area contributed by atoms with Gasteiger partial charge in [0.1, 0.15) is 11.4 Å². The molecular formula is C13H21N3O3. The molecular weight excluding hydrogens is 246 g/mol. The second kappa shape index (κ2) is 6.06. The number of carbonyl (C=O) groups is 1. The zero-order valence-electron chi connectivity index (χ0n) is 11.4. The van der Waals surface area contributed by atoms with Crippen LogP contribution >= 0.6 is 0 Å². The zero-order chi connectivity index (χ0) is 13.8. The summed E-state index contributed by atoms with van der Waals surface area (Å²) in [7, 11) is 0. The predicted octanol–water partition coefficient (Wildman–Crippen LogP) is 1.83. The molecule has 1 aromatic heterocycles. The first kappa shape index (κ1) is 13.9. The number of hydrogen-bond acceptors (Lipinski definition) is 4. The molecule has 3 N–H and O–H groups in total. The minimum Gasteiger partial charge on any atom is -0.393 e. The van der Waals surface area contributed by atoms with Gasteiger partial charge in [-0.15, -0.1) is 0 Å². The first-order valence-corrected chi connectivity index (χ1v) is 6.79. The van der Waals surface area contributed by atoms with Crippen LogP contribution in [0, 0.1) is 12.8 Å². The average Bonchev–Trinajstić information content (AvgIpc) is 2.95. The van der Waals surface area contributed by atoms with Crippen LogP contribution in [0.5, 0.6) is 0 Å². The number of carbonyl (C=O) groups excluding carboxylic acids is 1. The number of aliphatic hydroxyl groups is 1. The van der Waals surface area contributed by atoms with E-state index >= 15 is 0 Å². The van der Waals surface area contributed by atoms with Crippen molar-refractivity contribution in [3.8, 4) is 0 Å². The van der Waals surface area contributed by atoms with Crippen molar-refractivity contribution in [3.63, 3.8) is 0 Å². The molecule has 1 fully saturated rings. The highest BCUT2D eigenvalue weighted by molar-refractivity contribution is 5.90. The van der Waals surface area contributed by atoms with Gasteiger partial charge in [-0.25, -0.2) is 4.79 Å². The summed E-state index contributed by atoms with van der Waals surface area (Å²) < 4.78 is 5.11. The van der Waals surface area contributed by atoms with Gasteiger partial charge in [-0.05, 0) is 19.8 Å². The van der Waals surface area contributed by atoms with Crippen LogP contribution in [-0.2, 0) is 6.42 Å². The van der Waals surface area contributed by atoms with Gasteiger partial charge in [-0.2, -0.15) is 0 Å². The van der Waals surface area contributed by atoms with Crippen LogP contribution in [0.1, 0.15) is 37.6 Å². The molecule has 2 atom stereocenters. The molecule has 0 bridgehead atoms. The number of nitrogens with one attached hydrogen (secondary N) is 2. The van der Waals surface area contributed by atoms with E-state index in [1.165, 1.54) is 0 Å². The van der Waals surface area contributed by atoms with Gasteiger partial charge in [0, 0.05) is 18.9 Å². The summed E-state index contributed by atoms with van der Waals surface area (Å²) in [5.41, 5.74) is 1.32. The highest BCUT2D eigenvalue weighted by Crippen LogP contribution is 2.25. The Balaban J connectivity index is 1.85. The zero-order valence-corrected chi connectivity index (χ0v) is 11.4. The largest absolute Gasteiger partial charge is 0.393 e. The van der Waals surface area contributed by atoms with Crippen LogP contribution in [0.25, 0.3) is 0 Å². The summed E-state index contributed by atoms with van der Waals surface area (Å²) in [5, 5.41) is 19.1. The Morgan fingerprint density at radius 2 is 2.32 bits per heavy atom. The van der Waals surface area contributed by atoms with Gasteiger partial charge < -0.3 is 20.3 Å². The Bertz CT molecular complexity index is 444. The molecule has 0 radical (unpaired) electrons. The third kappa shape index (κ3) is 3.26. The Hall–Kier alpha value is -1.56. The molecule has 106 valence electrons. The number of rotatable bonds is 4. The fraction of sp³-hybridized carbons (Fsp3) is 0.692. The van der Waals surface area contributed by atoms with Crippen LogP contribution < -0.4 is 10.6 Å². The van der Waals surface area contributed by atoms with Crippen LogP contribution in [-0.4, -0.2) is 28.9 Å². The van der Waals surface area contributed by atoms with E-state index in [4.69, 9.17) is 4.52 Å². The minimum atomic E-state index is -0.288. The van der Waals surface area contributed by atoms with Gasteiger partial charge in [0.2, 0.25) is 0 Å². The summed E-state index contributed by atoms with van der Waals surface area (Å²) in [4.78, 5) is 11.8. The fourth-order valence-corrected chi connectivity index (χ4v) is 2.45. The molecule has 1 aromatic rings. The number of aromatic nitrogens is 1. The molecule has 0 aromatic carbocycles. The molecule has 1 saturated carbocycles. The fourth-order valence-electron chi connectivity index (χ4n) is 2.45. The summed E-state index contributed by atoms with van der Waals surface area (Å²) in [6.07, 6.45) is 3.22. The minimum absolute atomic E-state index is 0.167. The molecule has 1 aliphatic rings. The summed E-state index contributed by atoms with van der Waals surface area (Å²) in [6.45, 7) is 4.23. The van der Waals surface area contributed by atoms with E-state index < -0.39 is 0 Å². The molecule has 0 saturated heterocycles.